The van der Waals surface area contributed by atoms with Gasteiger partial charge in [0.05, 0.1) is 12.0 Å². The molecule has 4 rings (SSSR count). The van der Waals surface area contributed by atoms with Gasteiger partial charge in [-0.15, -0.1) is 0 Å². The van der Waals surface area contributed by atoms with Gasteiger partial charge < -0.3 is 14.8 Å². The maximum Gasteiger partial charge on any atom is 0.312 e. The molecule has 0 radical (unpaired) electrons. The van der Waals surface area contributed by atoms with E-state index in [4.69, 9.17) is 5.11 Å². The van der Waals surface area contributed by atoms with Crippen LogP contribution in [0.25, 0.3) is 10.9 Å². The molecule has 0 bridgehead atoms. The molecule has 2 N–H and O–H groups in total. The molecule has 2 aliphatic rings. The Kier molecular flexibility index (Phi) is 4.06. The van der Waals surface area contributed by atoms with Crippen molar-refractivity contribution in [1.82, 2.24) is 14.4 Å². The third-order valence-electron chi connectivity index (χ3n) is 6.03. The highest BCUT2D eigenvalue weighted by Gasteiger charge is 2.57. The van der Waals surface area contributed by atoms with E-state index >= 15 is 0 Å². The number of hydrogen-bond donors (Lipinski definition) is 2. The zero-order valence-corrected chi connectivity index (χ0v) is 14.6. The van der Waals surface area contributed by atoms with Gasteiger partial charge in [-0.3, -0.25) is 14.6 Å². The lowest BCUT2D eigenvalue weighted by molar-refractivity contribution is -0.149. The lowest BCUT2D eigenvalue weighted by Crippen LogP contribution is -2.41. The van der Waals surface area contributed by atoms with Crippen LogP contribution in [-0.4, -0.2) is 69.9 Å². The van der Waals surface area contributed by atoms with E-state index in [2.05, 4.69) is 39.6 Å². The number of rotatable bonds is 5. The molecule has 3 heterocycles. The Morgan fingerprint density at radius 1 is 1.24 bits per heavy atom. The first-order chi connectivity index (χ1) is 12.0. The molecule has 134 valence electrons. The third-order valence-corrected chi connectivity index (χ3v) is 6.03. The number of nitrogens with zero attached hydrogens (tertiary/aromatic N) is 3. The lowest BCUT2D eigenvalue weighted by Gasteiger charge is -2.25. The molecule has 1 aromatic carbocycles. The lowest BCUT2D eigenvalue weighted by atomic mass is 9.81. The van der Waals surface area contributed by atoms with Crippen LogP contribution in [0.3, 0.4) is 0 Å². The SMILES string of the molecule is Cn1c(CN2C[C@H]3CN(CCO)C[C@@]3(C(=O)O)C2)cc2ccccc21. The molecular formula is C19H25N3O3. The van der Waals surface area contributed by atoms with Gasteiger partial charge in [-0.05, 0) is 17.5 Å². The van der Waals surface area contributed by atoms with Crippen LogP contribution in [0.5, 0.6) is 0 Å². The van der Waals surface area contributed by atoms with Gasteiger partial charge in [0, 0.05) is 63.4 Å². The predicted molar refractivity (Wildman–Crippen MR) is 95.3 cm³/mol. The maximum absolute atomic E-state index is 12.0. The Labute approximate surface area is 147 Å². The van der Waals surface area contributed by atoms with Crippen LogP contribution in [0.1, 0.15) is 5.69 Å². The van der Waals surface area contributed by atoms with Gasteiger partial charge in [0.2, 0.25) is 0 Å². The van der Waals surface area contributed by atoms with Crippen molar-refractivity contribution in [3.05, 3.63) is 36.0 Å². The first-order valence-electron chi connectivity index (χ1n) is 8.86. The van der Waals surface area contributed by atoms with E-state index < -0.39 is 11.4 Å². The van der Waals surface area contributed by atoms with Crippen LogP contribution >= 0.6 is 0 Å². The van der Waals surface area contributed by atoms with E-state index in [0.717, 1.165) is 19.6 Å². The number of carbonyl (C=O) groups is 1. The minimum atomic E-state index is -0.697. The summed E-state index contributed by atoms with van der Waals surface area (Å²) in [6, 6.07) is 10.5. The number of aliphatic carboxylic acids is 1. The first kappa shape index (κ1) is 16.6. The van der Waals surface area contributed by atoms with Crippen molar-refractivity contribution < 1.29 is 15.0 Å². The number of aryl methyl sites for hydroxylation is 1. The van der Waals surface area contributed by atoms with Crippen LogP contribution in [0, 0.1) is 11.3 Å². The molecule has 6 nitrogen and oxygen atoms in total. The number of para-hydroxylation sites is 1. The highest BCUT2D eigenvalue weighted by atomic mass is 16.4. The van der Waals surface area contributed by atoms with Crippen LogP contribution in [0.2, 0.25) is 0 Å². The Morgan fingerprint density at radius 3 is 2.64 bits per heavy atom. The summed E-state index contributed by atoms with van der Waals surface area (Å²) < 4.78 is 2.20. The predicted octanol–water partition coefficient (Wildman–Crippen LogP) is 0.989. The topological polar surface area (TPSA) is 68.9 Å². The largest absolute Gasteiger partial charge is 0.481 e. The molecule has 2 fully saturated rings. The van der Waals surface area contributed by atoms with E-state index in [-0.39, 0.29) is 12.5 Å². The standard InChI is InChI=1S/C19H25N3O3/c1-20-16(8-14-4-2-3-5-17(14)20)11-22-10-15-9-21(6-7-23)12-19(15,13-22)18(24)25/h2-5,8,15,23H,6-7,9-13H2,1H3,(H,24,25)/t15-,19-/m1/s1. The van der Waals surface area contributed by atoms with Crippen molar-refractivity contribution in [3.8, 4) is 0 Å². The summed E-state index contributed by atoms with van der Waals surface area (Å²) in [7, 11) is 2.07. The average molecular weight is 343 g/mol. The van der Waals surface area contributed by atoms with Crippen molar-refractivity contribution in [3.63, 3.8) is 0 Å². The number of aromatic nitrogens is 1. The van der Waals surface area contributed by atoms with Gasteiger partial charge in [-0.25, -0.2) is 0 Å². The molecule has 1 aromatic heterocycles. The van der Waals surface area contributed by atoms with Crippen molar-refractivity contribution in [2.45, 2.75) is 6.54 Å². The second-order valence-corrected chi connectivity index (χ2v) is 7.54. The fraction of sp³-hybridized carbons (Fsp3) is 0.526. The van der Waals surface area contributed by atoms with Gasteiger partial charge in [-0.2, -0.15) is 0 Å². The molecule has 0 amide bonds. The number of carboxylic acids is 1. The Balaban J connectivity index is 1.54. The summed E-state index contributed by atoms with van der Waals surface area (Å²) >= 11 is 0. The summed E-state index contributed by atoms with van der Waals surface area (Å²) in [5, 5.41) is 20.3. The summed E-state index contributed by atoms with van der Waals surface area (Å²) in [5.74, 6) is -0.566. The Morgan fingerprint density at radius 2 is 1.96 bits per heavy atom. The number of carboxylic acid groups (broad SMARTS) is 1. The maximum atomic E-state index is 12.0. The van der Waals surface area contributed by atoms with Gasteiger partial charge >= 0.3 is 5.97 Å². The number of β-amino-alcohol motifs (C(OH)–C–C–N with tert-alkyl or cyclic N) is 1. The average Bonchev–Trinajstić information content (AvgIpc) is 3.18. The van der Waals surface area contributed by atoms with Crippen LogP contribution in [0.4, 0.5) is 0 Å². The quantitative estimate of drug-likeness (QED) is 0.847. The molecule has 25 heavy (non-hydrogen) atoms. The first-order valence-corrected chi connectivity index (χ1v) is 8.86. The van der Waals surface area contributed by atoms with Gasteiger partial charge in [-0.1, -0.05) is 18.2 Å². The van der Waals surface area contributed by atoms with E-state index in [9.17, 15) is 9.90 Å². The molecular weight excluding hydrogens is 318 g/mol. The summed E-state index contributed by atoms with van der Waals surface area (Å²) in [5.41, 5.74) is 1.73. The zero-order valence-electron chi connectivity index (χ0n) is 14.6. The fourth-order valence-electron chi connectivity index (χ4n) is 4.73. The molecule has 0 spiro atoms. The fourth-order valence-corrected chi connectivity index (χ4v) is 4.73. The van der Waals surface area contributed by atoms with E-state index in [1.54, 1.807) is 0 Å². The van der Waals surface area contributed by atoms with Crippen molar-refractivity contribution >= 4 is 16.9 Å². The number of benzene rings is 1. The van der Waals surface area contributed by atoms with Crippen molar-refractivity contribution in [2.75, 3.05) is 39.3 Å². The molecule has 2 aliphatic heterocycles. The van der Waals surface area contributed by atoms with E-state index in [1.165, 1.54) is 16.6 Å². The molecule has 2 saturated heterocycles. The highest BCUT2D eigenvalue weighted by Crippen LogP contribution is 2.43. The second kappa shape index (κ2) is 6.12. The number of hydrogen-bond acceptors (Lipinski definition) is 4. The van der Waals surface area contributed by atoms with Gasteiger partial charge in [0.1, 0.15) is 0 Å². The Hall–Kier alpha value is -1.89. The Bertz CT molecular complexity index is 802. The van der Waals surface area contributed by atoms with Gasteiger partial charge in [0.15, 0.2) is 0 Å². The summed E-state index contributed by atoms with van der Waals surface area (Å²) in [6.45, 7) is 4.11. The van der Waals surface area contributed by atoms with E-state index in [0.29, 0.717) is 19.6 Å². The number of likely N-dealkylation sites (tertiary alicyclic amines) is 2. The monoisotopic (exact) mass is 343 g/mol. The summed E-state index contributed by atoms with van der Waals surface area (Å²) in [4.78, 5) is 16.4. The van der Waals surface area contributed by atoms with Gasteiger partial charge in [0.25, 0.3) is 0 Å². The van der Waals surface area contributed by atoms with Crippen LogP contribution in [-0.2, 0) is 18.4 Å². The molecule has 0 aliphatic carbocycles. The number of fused-ring (bicyclic) bond motifs is 2. The zero-order chi connectivity index (χ0) is 17.6. The molecule has 2 aromatic rings. The highest BCUT2D eigenvalue weighted by molar-refractivity contribution is 5.81. The van der Waals surface area contributed by atoms with Crippen molar-refractivity contribution in [1.29, 1.82) is 0 Å². The third kappa shape index (κ3) is 2.65. The molecule has 6 heteroatoms. The van der Waals surface area contributed by atoms with Crippen molar-refractivity contribution in [2.24, 2.45) is 18.4 Å². The minimum Gasteiger partial charge on any atom is -0.481 e. The minimum absolute atomic E-state index is 0.0854. The number of aliphatic hydroxyl groups is 1. The summed E-state index contributed by atoms with van der Waals surface area (Å²) in [6.07, 6.45) is 0. The molecule has 0 saturated carbocycles. The number of aliphatic hydroxyl groups excluding tert-OH is 1. The van der Waals surface area contributed by atoms with Crippen LogP contribution < -0.4 is 0 Å². The molecule has 0 unspecified atom stereocenters. The van der Waals surface area contributed by atoms with E-state index in [1.807, 2.05) is 12.1 Å². The second-order valence-electron chi connectivity index (χ2n) is 7.54. The smallest absolute Gasteiger partial charge is 0.312 e. The van der Waals surface area contributed by atoms with Crippen LogP contribution in [0.15, 0.2) is 30.3 Å². The molecule has 2 atom stereocenters. The normalized spacial score (nSPS) is 27.2.